The van der Waals surface area contributed by atoms with Crippen LogP contribution in [0.2, 0.25) is 15.1 Å². The van der Waals surface area contributed by atoms with Gasteiger partial charge in [0.15, 0.2) is 5.76 Å². The summed E-state index contributed by atoms with van der Waals surface area (Å²) in [5, 5.41) is 3.62. The second-order valence-electron chi connectivity index (χ2n) is 6.51. The lowest BCUT2D eigenvalue weighted by Crippen LogP contribution is -2.13. The Labute approximate surface area is 193 Å². The standard InChI is InChI=1S/C23H15Cl3N2O3/c1-30-14-6-4-5-13(9-14)21-12-27-23(31-21)16-8-3-2-7-15(16)22(29)28-20-11-18(25)17(24)10-19(20)26/h2-12H,1H3,(H,28,29). The number of benzene rings is 3. The second-order valence-corrected chi connectivity index (χ2v) is 7.73. The van der Waals surface area contributed by atoms with Crippen molar-refractivity contribution in [2.24, 2.45) is 0 Å². The summed E-state index contributed by atoms with van der Waals surface area (Å²) in [5.41, 5.74) is 2.05. The van der Waals surface area contributed by atoms with Crippen LogP contribution in [0.15, 0.2) is 71.3 Å². The second kappa shape index (κ2) is 9.02. The Bertz CT molecular complexity index is 1270. The van der Waals surface area contributed by atoms with E-state index in [1.807, 2.05) is 24.3 Å². The Morgan fingerprint density at radius 2 is 1.74 bits per heavy atom. The van der Waals surface area contributed by atoms with E-state index in [1.54, 1.807) is 37.6 Å². The summed E-state index contributed by atoms with van der Waals surface area (Å²) in [4.78, 5) is 17.3. The average Bonchev–Trinajstić information content (AvgIpc) is 3.27. The molecule has 8 heteroatoms. The van der Waals surface area contributed by atoms with Crippen LogP contribution in [0.3, 0.4) is 0 Å². The summed E-state index contributed by atoms with van der Waals surface area (Å²) in [6, 6.07) is 17.4. The highest BCUT2D eigenvalue weighted by atomic mass is 35.5. The lowest BCUT2D eigenvalue weighted by atomic mass is 10.1. The van der Waals surface area contributed by atoms with E-state index in [2.05, 4.69) is 10.3 Å². The monoisotopic (exact) mass is 472 g/mol. The van der Waals surface area contributed by atoms with Crippen molar-refractivity contribution in [3.05, 3.63) is 87.5 Å². The molecule has 0 radical (unpaired) electrons. The van der Waals surface area contributed by atoms with Gasteiger partial charge in [-0.25, -0.2) is 4.98 Å². The predicted octanol–water partition coefficient (Wildman–Crippen LogP) is 7.23. The number of halogens is 3. The van der Waals surface area contributed by atoms with Crippen LogP contribution in [0.25, 0.3) is 22.8 Å². The largest absolute Gasteiger partial charge is 0.497 e. The van der Waals surface area contributed by atoms with E-state index in [0.717, 1.165) is 5.56 Å². The molecule has 1 aromatic heterocycles. The number of amides is 1. The lowest BCUT2D eigenvalue weighted by molar-refractivity contribution is 0.102. The van der Waals surface area contributed by atoms with Crippen molar-refractivity contribution in [1.82, 2.24) is 4.98 Å². The fourth-order valence-electron chi connectivity index (χ4n) is 2.98. The molecular formula is C23H15Cl3N2O3. The number of hydrogen-bond donors (Lipinski definition) is 1. The zero-order valence-corrected chi connectivity index (χ0v) is 18.4. The van der Waals surface area contributed by atoms with Gasteiger partial charge in [0, 0.05) is 11.1 Å². The zero-order valence-electron chi connectivity index (χ0n) is 16.2. The minimum atomic E-state index is -0.392. The topological polar surface area (TPSA) is 64.4 Å². The van der Waals surface area contributed by atoms with Crippen LogP contribution in [0, 0.1) is 0 Å². The molecule has 1 N–H and O–H groups in total. The molecule has 0 fully saturated rings. The first-order valence-electron chi connectivity index (χ1n) is 9.12. The molecular weight excluding hydrogens is 459 g/mol. The highest BCUT2D eigenvalue weighted by molar-refractivity contribution is 6.44. The Kier molecular flexibility index (Phi) is 6.18. The Hall–Kier alpha value is -2.99. The molecule has 0 atom stereocenters. The number of nitrogens with zero attached hydrogens (tertiary/aromatic N) is 1. The van der Waals surface area contributed by atoms with Crippen LogP contribution in [0.4, 0.5) is 5.69 Å². The van der Waals surface area contributed by atoms with Crippen molar-refractivity contribution >= 4 is 46.4 Å². The van der Waals surface area contributed by atoms with Crippen molar-refractivity contribution in [3.63, 3.8) is 0 Å². The van der Waals surface area contributed by atoms with Crippen LogP contribution < -0.4 is 10.1 Å². The molecule has 3 aromatic carbocycles. The Balaban J connectivity index is 1.66. The van der Waals surface area contributed by atoms with Gasteiger partial charge in [-0.2, -0.15) is 0 Å². The van der Waals surface area contributed by atoms with Crippen LogP contribution in [-0.2, 0) is 0 Å². The van der Waals surface area contributed by atoms with Crippen LogP contribution >= 0.6 is 34.8 Å². The summed E-state index contributed by atoms with van der Waals surface area (Å²) in [7, 11) is 1.60. The molecule has 0 saturated heterocycles. The number of ether oxygens (including phenoxy) is 1. The van der Waals surface area contributed by atoms with Gasteiger partial charge in [-0.15, -0.1) is 0 Å². The molecule has 0 spiro atoms. The third-order valence-electron chi connectivity index (χ3n) is 4.52. The van der Waals surface area contributed by atoms with Gasteiger partial charge < -0.3 is 14.5 Å². The van der Waals surface area contributed by atoms with Crippen molar-refractivity contribution in [2.45, 2.75) is 0 Å². The minimum absolute atomic E-state index is 0.275. The van der Waals surface area contributed by atoms with E-state index in [1.165, 1.54) is 12.1 Å². The lowest BCUT2D eigenvalue weighted by Gasteiger charge is -2.10. The quantitative estimate of drug-likeness (QED) is 0.311. The van der Waals surface area contributed by atoms with Gasteiger partial charge in [0.1, 0.15) is 5.75 Å². The van der Waals surface area contributed by atoms with E-state index < -0.39 is 5.91 Å². The molecule has 0 aliphatic rings. The smallest absolute Gasteiger partial charge is 0.256 e. The van der Waals surface area contributed by atoms with Gasteiger partial charge in [0.25, 0.3) is 5.91 Å². The van der Waals surface area contributed by atoms with E-state index in [9.17, 15) is 4.79 Å². The minimum Gasteiger partial charge on any atom is -0.497 e. The molecule has 4 rings (SSSR count). The molecule has 156 valence electrons. The van der Waals surface area contributed by atoms with E-state index in [4.69, 9.17) is 44.0 Å². The van der Waals surface area contributed by atoms with Gasteiger partial charge in [0.2, 0.25) is 5.89 Å². The molecule has 0 unspecified atom stereocenters. The average molecular weight is 474 g/mol. The number of anilines is 1. The highest BCUT2D eigenvalue weighted by Crippen LogP contribution is 2.34. The fraction of sp³-hybridized carbons (Fsp3) is 0.0435. The summed E-state index contributed by atoms with van der Waals surface area (Å²) >= 11 is 18.2. The zero-order chi connectivity index (χ0) is 22.0. The molecule has 1 heterocycles. The third-order valence-corrected chi connectivity index (χ3v) is 5.56. The summed E-state index contributed by atoms with van der Waals surface area (Å²) in [6.45, 7) is 0. The van der Waals surface area contributed by atoms with Crippen LogP contribution in [0.1, 0.15) is 10.4 Å². The number of oxazole rings is 1. The van der Waals surface area contributed by atoms with Crippen molar-refractivity contribution < 1.29 is 13.9 Å². The van der Waals surface area contributed by atoms with Gasteiger partial charge in [0.05, 0.1) is 39.6 Å². The maximum Gasteiger partial charge on any atom is 0.256 e. The number of aromatic nitrogens is 1. The third kappa shape index (κ3) is 4.54. The molecule has 31 heavy (non-hydrogen) atoms. The number of rotatable bonds is 5. The molecule has 1 amide bonds. The SMILES string of the molecule is COc1cccc(-c2cnc(-c3ccccc3C(=O)Nc3cc(Cl)c(Cl)cc3Cl)o2)c1. The van der Waals surface area contributed by atoms with Gasteiger partial charge in [-0.3, -0.25) is 4.79 Å². The maximum absolute atomic E-state index is 13.0. The van der Waals surface area contributed by atoms with Gasteiger partial charge in [-0.1, -0.05) is 59.1 Å². The Morgan fingerprint density at radius 1 is 0.968 bits per heavy atom. The number of nitrogens with one attached hydrogen (secondary N) is 1. The van der Waals surface area contributed by atoms with Crippen molar-refractivity contribution in [1.29, 1.82) is 0 Å². The Morgan fingerprint density at radius 3 is 2.55 bits per heavy atom. The molecule has 0 aliphatic heterocycles. The normalized spacial score (nSPS) is 10.7. The van der Waals surface area contributed by atoms with Crippen molar-refractivity contribution in [3.8, 4) is 28.5 Å². The van der Waals surface area contributed by atoms with Gasteiger partial charge >= 0.3 is 0 Å². The fourth-order valence-corrected chi connectivity index (χ4v) is 3.58. The molecule has 0 saturated carbocycles. The molecule has 5 nitrogen and oxygen atoms in total. The summed E-state index contributed by atoms with van der Waals surface area (Å²) < 4.78 is 11.2. The van der Waals surface area contributed by atoms with Crippen LogP contribution in [-0.4, -0.2) is 18.0 Å². The van der Waals surface area contributed by atoms with Crippen LogP contribution in [0.5, 0.6) is 5.75 Å². The van der Waals surface area contributed by atoms with E-state index >= 15 is 0 Å². The number of carbonyl (C=O) groups excluding carboxylic acids is 1. The van der Waals surface area contributed by atoms with Gasteiger partial charge in [-0.05, 0) is 36.4 Å². The summed E-state index contributed by atoms with van der Waals surface area (Å²) in [6.07, 6.45) is 1.61. The van der Waals surface area contributed by atoms with E-state index in [-0.39, 0.29) is 10.0 Å². The van der Waals surface area contributed by atoms with Crippen molar-refractivity contribution in [2.75, 3.05) is 12.4 Å². The molecule has 4 aromatic rings. The first-order chi connectivity index (χ1) is 15.0. The summed E-state index contributed by atoms with van der Waals surface area (Å²) in [5.74, 6) is 1.17. The first kappa shape index (κ1) is 21.2. The number of carbonyl (C=O) groups is 1. The molecule has 0 bridgehead atoms. The maximum atomic E-state index is 13.0. The van der Waals surface area contributed by atoms with E-state index in [0.29, 0.717) is 39.2 Å². The molecule has 0 aliphatic carbocycles. The predicted molar refractivity (Wildman–Crippen MR) is 123 cm³/mol. The number of methoxy groups -OCH3 is 1. The number of hydrogen-bond acceptors (Lipinski definition) is 4. The first-order valence-corrected chi connectivity index (χ1v) is 10.2. The highest BCUT2D eigenvalue weighted by Gasteiger charge is 2.18.